The van der Waals surface area contributed by atoms with Crippen molar-refractivity contribution in [2.24, 2.45) is 17.8 Å². The van der Waals surface area contributed by atoms with E-state index in [1.165, 1.54) is 6.42 Å². The second-order valence-corrected chi connectivity index (χ2v) is 9.95. The highest BCUT2D eigenvalue weighted by Crippen LogP contribution is 2.55. The summed E-state index contributed by atoms with van der Waals surface area (Å²) in [7, 11) is 0. The predicted octanol–water partition coefficient (Wildman–Crippen LogP) is 3.75. The summed E-state index contributed by atoms with van der Waals surface area (Å²) in [6.07, 6.45) is 13.0. The normalized spacial score (nSPS) is 34.6. The lowest BCUT2D eigenvalue weighted by atomic mass is 9.52. The van der Waals surface area contributed by atoms with Crippen LogP contribution in [0.1, 0.15) is 73.3 Å². The zero-order valence-electron chi connectivity index (χ0n) is 17.0. The molecule has 5 saturated carbocycles. The van der Waals surface area contributed by atoms with Crippen molar-refractivity contribution in [2.75, 3.05) is 5.32 Å². The fraction of sp³-hybridized carbons (Fsp3) is 0.609. The van der Waals surface area contributed by atoms with Crippen LogP contribution < -0.4 is 10.6 Å². The van der Waals surface area contributed by atoms with E-state index in [1.807, 2.05) is 6.07 Å². The van der Waals surface area contributed by atoms with Crippen LogP contribution in [0.25, 0.3) is 0 Å². The van der Waals surface area contributed by atoms with E-state index in [9.17, 15) is 9.90 Å². The van der Waals surface area contributed by atoms with Gasteiger partial charge in [-0.3, -0.25) is 4.79 Å². The summed E-state index contributed by atoms with van der Waals surface area (Å²) < 4.78 is 5.10. The number of aromatic nitrogens is 2. The summed E-state index contributed by atoms with van der Waals surface area (Å²) >= 11 is 0. The summed E-state index contributed by atoms with van der Waals surface area (Å²) in [5.74, 6) is 2.16. The number of nitrogens with zero attached hydrogens (tertiary/aromatic N) is 2. The molecule has 2 unspecified atom stereocenters. The molecule has 2 aromatic heterocycles. The molecular weight excluding hydrogens is 380 g/mol. The first-order chi connectivity index (χ1) is 14.6. The molecule has 0 radical (unpaired) electrons. The van der Waals surface area contributed by atoms with Crippen molar-refractivity contribution >= 4 is 17.5 Å². The van der Waals surface area contributed by atoms with E-state index in [0.717, 1.165) is 56.3 Å². The summed E-state index contributed by atoms with van der Waals surface area (Å²) in [6, 6.07) is 1.97. The van der Waals surface area contributed by atoms with Crippen molar-refractivity contribution < 1.29 is 14.3 Å². The maximum atomic E-state index is 13.3. The minimum absolute atomic E-state index is 0.0591. The zero-order valence-corrected chi connectivity index (χ0v) is 17.0. The van der Waals surface area contributed by atoms with Gasteiger partial charge in [0.05, 0.1) is 28.8 Å². The summed E-state index contributed by atoms with van der Waals surface area (Å²) in [6.45, 7) is 0. The number of carbonyl (C=O) groups excluding carboxylic acids is 1. The van der Waals surface area contributed by atoms with Crippen molar-refractivity contribution in [3.05, 3.63) is 36.0 Å². The summed E-state index contributed by atoms with van der Waals surface area (Å²) in [4.78, 5) is 22.4. The maximum Gasteiger partial charge on any atom is 0.254 e. The Labute approximate surface area is 175 Å². The molecule has 7 heteroatoms. The number of carbonyl (C=O) groups is 1. The first-order valence-electron chi connectivity index (χ1n) is 11.3. The molecule has 0 aromatic carbocycles. The quantitative estimate of drug-likeness (QED) is 0.697. The first kappa shape index (κ1) is 18.4. The van der Waals surface area contributed by atoms with Crippen LogP contribution in [0.5, 0.6) is 0 Å². The molecule has 5 aliphatic rings. The van der Waals surface area contributed by atoms with Crippen molar-refractivity contribution in [1.82, 2.24) is 15.3 Å². The molecule has 7 nitrogen and oxygen atoms in total. The summed E-state index contributed by atoms with van der Waals surface area (Å²) in [5, 5.41) is 17.3. The van der Waals surface area contributed by atoms with E-state index in [1.54, 1.807) is 18.7 Å². The average molecular weight is 409 g/mol. The molecule has 4 bridgehead atoms. The van der Waals surface area contributed by atoms with Gasteiger partial charge in [-0.25, -0.2) is 9.97 Å². The van der Waals surface area contributed by atoms with Crippen LogP contribution in [0, 0.1) is 17.8 Å². The number of nitrogens with one attached hydrogen (secondary N) is 2. The smallest absolute Gasteiger partial charge is 0.254 e. The van der Waals surface area contributed by atoms with Gasteiger partial charge in [0.15, 0.2) is 0 Å². The van der Waals surface area contributed by atoms with Gasteiger partial charge in [0.2, 0.25) is 5.95 Å². The number of hydrogen-bond donors (Lipinski definition) is 3. The van der Waals surface area contributed by atoms with Crippen molar-refractivity contribution in [3.63, 3.8) is 0 Å². The maximum absolute atomic E-state index is 13.3. The molecule has 0 saturated heterocycles. The van der Waals surface area contributed by atoms with Crippen LogP contribution in [0.3, 0.4) is 0 Å². The molecular formula is C23H28N4O3. The fourth-order valence-electron chi connectivity index (χ4n) is 6.53. The van der Waals surface area contributed by atoms with Crippen molar-refractivity contribution in [2.45, 2.75) is 68.9 Å². The highest BCUT2D eigenvalue weighted by molar-refractivity contribution is 5.95. The molecule has 2 heterocycles. The van der Waals surface area contributed by atoms with Gasteiger partial charge in [0.25, 0.3) is 5.91 Å². The second kappa shape index (κ2) is 6.80. The molecule has 0 spiro atoms. The van der Waals surface area contributed by atoms with Crippen molar-refractivity contribution in [1.29, 1.82) is 0 Å². The SMILES string of the molecule is O=C(NC1C2CC3CC1CC(O)(C3)C2)c1cnc(Nc2ccoc2)nc1C1CCC1. The Kier molecular flexibility index (Phi) is 4.17. The third kappa shape index (κ3) is 3.11. The monoisotopic (exact) mass is 408 g/mol. The minimum atomic E-state index is -0.488. The standard InChI is InChI=1S/C23H28N4O3/c28-21(26-19-15-6-13-7-16(19)10-23(29,8-13)9-15)18-11-24-22(25-17-4-5-30-12-17)27-20(18)14-2-1-3-14/h4-5,11-16,19,29H,1-3,6-10H2,(H,26,28)(H,24,25,27). The number of rotatable bonds is 5. The Bertz CT molecular complexity index is 939. The Hall–Kier alpha value is -2.41. The molecule has 2 aromatic rings. The van der Waals surface area contributed by atoms with Gasteiger partial charge < -0.3 is 20.2 Å². The topological polar surface area (TPSA) is 100 Å². The molecule has 5 aliphatic carbocycles. The van der Waals surface area contributed by atoms with Gasteiger partial charge in [0.1, 0.15) is 6.26 Å². The highest BCUT2D eigenvalue weighted by Gasteiger charge is 2.55. The van der Waals surface area contributed by atoms with E-state index in [4.69, 9.17) is 9.40 Å². The molecule has 158 valence electrons. The number of amides is 1. The van der Waals surface area contributed by atoms with Crippen LogP contribution in [0.15, 0.2) is 29.2 Å². The summed E-state index contributed by atoms with van der Waals surface area (Å²) in [5.41, 5.74) is 1.75. The Balaban J connectivity index is 1.24. The van der Waals surface area contributed by atoms with Gasteiger partial charge >= 0.3 is 0 Å². The lowest BCUT2D eigenvalue weighted by Crippen LogP contribution is -2.61. The number of anilines is 2. The van der Waals surface area contributed by atoms with Crippen LogP contribution in [-0.4, -0.2) is 32.6 Å². The average Bonchev–Trinajstić information content (AvgIpc) is 3.15. The Morgan fingerprint density at radius 3 is 2.63 bits per heavy atom. The van der Waals surface area contributed by atoms with Gasteiger partial charge in [-0.2, -0.15) is 0 Å². The third-order valence-electron chi connectivity index (χ3n) is 7.87. The third-order valence-corrected chi connectivity index (χ3v) is 7.87. The van der Waals surface area contributed by atoms with Gasteiger partial charge in [-0.1, -0.05) is 6.42 Å². The van der Waals surface area contributed by atoms with Crippen LogP contribution >= 0.6 is 0 Å². The lowest BCUT2D eigenvalue weighted by Gasteiger charge is -2.58. The van der Waals surface area contributed by atoms with Crippen LogP contribution in [-0.2, 0) is 0 Å². The molecule has 2 atom stereocenters. The second-order valence-electron chi connectivity index (χ2n) is 9.95. The van der Waals surface area contributed by atoms with Crippen molar-refractivity contribution in [3.8, 4) is 0 Å². The number of furan rings is 1. The predicted molar refractivity (Wildman–Crippen MR) is 110 cm³/mol. The van der Waals surface area contributed by atoms with Gasteiger partial charge in [-0.15, -0.1) is 0 Å². The number of aliphatic hydroxyl groups is 1. The van der Waals surface area contributed by atoms with E-state index in [2.05, 4.69) is 15.6 Å². The zero-order chi connectivity index (χ0) is 20.3. The Morgan fingerprint density at radius 1 is 1.20 bits per heavy atom. The van der Waals surface area contributed by atoms with E-state index >= 15 is 0 Å². The molecule has 0 aliphatic heterocycles. The highest BCUT2D eigenvalue weighted by atomic mass is 16.3. The lowest BCUT2D eigenvalue weighted by molar-refractivity contribution is -0.136. The molecule has 7 rings (SSSR count). The molecule has 5 fully saturated rings. The van der Waals surface area contributed by atoms with Gasteiger partial charge in [-0.05, 0) is 68.8 Å². The van der Waals surface area contributed by atoms with E-state index in [0.29, 0.717) is 35.2 Å². The van der Waals surface area contributed by atoms with E-state index < -0.39 is 5.60 Å². The van der Waals surface area contributed by atoms with Crippen LogP contribution in [0.2, 0.25) is 0 Å². The van der Waals surface area contributed by atoms with E-state index in [-0.39, 0.29) is 11.9 Å². The minimum Gasteiger partial charge on any atom is -0.470 e. The largest absolute Gasteiger partial charge is 0.470 e. The first-order valence-corrected chi connectivity index (χ1v) is 11.3. The van der Waals surface area contributed by atoms with Gasteiger partial charge in [0, 0.05) is 18.2 Å². The molecule has 1 amide bonds. The van der Waals surface area contributed by atoms with Crippen LogP contribution in [0.4, 0.5) is 11.6 Å². The fourth-order valence-corrected chi connectivity index (χ4v) is 6.53. The molecule has 30 heavy (non-hydrogen) atoms. The number of hydrogen-bond acceptors (Lipinski definition) is 6. The Morgan fingerprint density at radius 2 is 2.00 bits per heavy atom. The molecule has 3 N–H and O–H groups in total.